The van der Waals surface area contributed by atoms with E-state index in [0.717, 1.165) is 16.7 Å². The Bertz CT molecular complexity index is 846. The van der Waals surface area contributed by atoms with Gasteiger partial charge in [-0.25, -0.2) is 0 Å². The Morgan fingerprint density at radius 3 is 1.00 bits per heavy atom. The number of rotatable bonds is 3. The van der Waals surface area contributed by atoms with E-state index in [1.807, 2.05) is 0 Å². The van der Waals surface area contributed by atoms with Gasteiger partial charge in [-0.05, 0) is 34.8 Å². The Labute approximate surface area is 190 Å². The van der Waals surface area contributed by atoms with Gasteiger partial charge in [-0.15, -0.1) is 16.6 Å². The summed E-state index contributed by atoms with van der Waals surface area (Å²) in [6, 6.07) is 6.48. The second-order valence-electron chi connectivity index (χ2n) is 11.4. The highest BCUT2D eigenvalue weighted by molar-refractivity contribution is 6.90. The van der Waals surface area contributed by atoms with Crippen LogP contribution < -0.4 is 0 Å². The third-order valence-corrected chi connectivity index (χ3v) is 13.4. The fraction of sp³-hybridized carbons (Fsp3) is 0.556. The van der Waals surface area contributed by atoms with E-state index in [9.17, 15) is 0 Å². The topological polar surface area (TPSA) is 0 Å². The normalized spacial score (nSPS) is 12.1. The van der Waals surface area contributed by atoms with Crippen molar-refractivity contribution < 1.29 is 0 Å². The van der Waals surface area contributed by atoms with Crippen LogP contribution >= 0.6 is 0 Å². The highest BCUT2D eigenvalue weighted by atomic mass is 28.3. The minimum absolute atomic E-state index is 0.631. The van der Waals surface area contributed by atoms with Gasteiger partial charge in [-0.2, -0.15) is 0 Å². The minimum Gasteiger partial charge on any atom is -0.127 e. The van der Waals surface area contributed by atoms with Crippen molar-refractivity contribution in [1.82, 2.24) is 0 Å². The van der Waals surface area contributed by atoms with E-state index in [1.165, 1.54) is 0 Å². The molecule has 0 radical (unpaired) electrons. The summed E-state index contributed by atoms with van der Waals surface area (Å²) in [5, 5.41) is 0. The van der Waals surface area contributed by atoms with Crippen molar-refractivity contribution in [3.05, 3.63) is 34.9 Å². The third kappa shape index (κ3) is 8.00. The maximum Gasteiger partial charge on any atom is 0.146 e. The summed E-state index contributed by atoms with van der Waals surface area (Å²) in [4.78, 5) is 0. The SMILES string of the molecule is CC(C)[Si](C#Cc1cc(C#C[Si](C)(C)C)cc(C#C[Si](C)(C)C)c1)(C(C)C)C(C)C. The Morgan fingerprint density at radius 2 is 0.767 bits per heavy atom. The van der Waals surface area contributed by atoms with E-state index >= 15 is 0 Å². The Hall–Kier alpha value is -1.45. The smallest absolute Gasteiger partial charge is 0.127 e. The van der Waals surface area contributed by atoms with E-state index in [1.54, 1.807) is 0 Å². The summed E-state index contributed by atoms with van der Waals surface area (Å²) in [6.45, 7) is 27.9. The van der Waals surface area contributed by atoms with Gasteiger partial charge in [0.25, 0.3) is 0 Å². The molecule has 0 nitrogen and oxygen atoms in total. The van der Waals surface area contributed by atoms with E-state index in [-0.39, 0.29) is 0 Å². The molecule has 0 heterocycles. The molecule has 1 rings (SSSR count). The zero-order chi connectivity index (χ0) is 23.3. The summed E-state index contributed by atoms with van der Waals surface area (Å²) in [5.41, 5.74) is 15.9. The molecule has 0 aliphatic heterocycles. The van der Waals surface area contributed by atoms with E-state index in [0.29, 0.717) is 16.6 Å². The van der Waals surface area contributed by atoms with Gasteiger partial charge in [-0.1, -0.05) is 98.6 Å². The fourth-order valence-corrected chi connectivity index (χ4v) is 10.2. The van der Waals surface area contributed by atoms with Crippen LogP contribution in [0.5, 0.6) is 0 Å². The van der Waals surface area contributed by atoms with Crippen LogP contribution in [0.1, 0.15) is 58.2 Å². The molecule has 0 fully saturated rings. The van der Waals surface area contributed by atoms with Crippen molar-refractivity contribution >= 4 is 24.2 Å². The van der Waals surface area contributed by atoms with E-state index < -0.39 is 24.2 Å². The second kappa shape index (κ2) is 10.2. The van der Waals surface area contributed by atoms with E-state index in [2.05, 4.69) is 133 Å². The first-order chi connectivity index (χ1) is 13.6. The zero-order valence-corrected chi connectivity index (χ0v) is 24.5. The van der Waals surface area contributed by atoms with Gasteiger partial charge in [0.15, 0.2) is 0 Å². The molecule has 0 saturated heterocycles. The third-order valence-electron chi connectivity index (χ3n) is 5.39. The highest BCUT2D eigenvalue weighted by Gasteiger charge is 2.41. The molecule has 1 aromatic carbocycles. The molecule has 0 amide bonds. The van der Waals surface area contributed by atoms with Crippen LogP contribution in [0.25, 0.3) is 0 Å². The fourth-order valence-electron chi connectivity index (χ4n) is 3.98. The van der Waals surface area contributed by atoms with Crippen LogP contribution in [-0.2, 0) is 0 Å². The van der Waals surface area contributed by atoms with Gasteiger partial charge in [0.2, 0.25) is 0 Å². The first-order valence-electron chi connectivity index (χ1n) is 11.3. The molecule has 0 aromatic heterocycles. The zero-order valence-electron chi connectivity index (χ0n) is 21.5. The average molecular weight is 451 g/mol. The van der Waals surface area contributed by atoms with Crippen LogP contribution in [0.15, 0.2) is 18.2 Å². The van der Waals surface area contributed by atoms with Gasteiger partial charge in [0, 0.05) is 16.7 Å². The number of benzene rings is 1. The number of hydrogen-bond acceptors (Lipinski definition) is 0. The van der Waals surface area contributed by atoms with Crippen molar-refractivity contribution in [3.8, 4) is 34.4 Å². The molecule has 0 atom stereocenters. The summed E-state index contributed by atoms with van der Waals surface area (Å²) in [6.07, 6.45) is 0. The van der Waals surface area contributed by atoms with Crippen LogP contribution in [0.3, 0.4) is 0 Å². The molecule has 0 spiro atoms. The van der Waals surface area contributed by atoms with E-state index in [4.69, 9.17) is 0 Å². The predicted molar refractivity (Wildman–Crippen MR) is 145 cm³/mol. The quantitative estimate of drug-likeness (QED) is 0.326. The molecule has 1 aromatic rings. The minimum atomic E-state index is -1.76. The lowest BCUT2D eigenvalue weighted by Gasteiger charge is -2.38. The standard InChI is InChI=1S/C27H42Si3/c1-22(2)30(23(3)4,24(5)6)18-15-27-20-25(13-16-28(7,8)9)19-26(21-27)14-17-29(10,11)12/h19-24H,1-12H3. The van der Waals surface area contributed by atoms with Crippen molar-refractivity contribution in [2.24, 2.45) is 0 Å². The van der Waals surface area contributed by atoms with Crippen molar-refractivity contribution in [3.63, 3.8) is 0 Å². The lowest BCUT2D eigenvalue weighted by atomic mass is 10.1. The molecule has 30 heavy (non-hydrogen) atoms. The first-order valence-corrected chi connectivity index (χ1v) is 20.5. The van der Waals surface area contributed by atoms with Crippen LogP contribution in [0, 0.1) is 34.4 Å². The van der Waals surface area contributed by atoms with Gasteiger partial charge in [0.1, 0.15) is 24.2 Å². The lowest BCUT2D eigenvalue weighted by Crippen LogP contribution is -2.43. The highest BCUT2D eigenvalue weighted by Crippen LogP contribution is 2.40. The van der Waals surface area contributed by atoms with Crippen LogP contribution in [0.4, 0.5) is 0 Å². The van der Waals surface area contributed by atoms with Crippen LogP contribution in [0.2, 0.25) is 55.9 Å². The summed E-state index contributed by atoms with van der Waals surface area (Å²) in [7, 11) is -4.63. The molecule has 0 N–H and O–H groups in total. The maximum atomic E-state index is 3.86. The van der Waals surface area contributed by atoms with Crippen molar-refractivity contribution in [2.45, 2.75) is 97.4 Å². The maximum absolute atomic E-state index is 3.86. The van der Waals surface area contributed by atoms with Gasteiger partial charge >= 0.3 is 0 Å². The second-order valence-corrected chi connectivity index (χ2v) is 26.5. The first kappa shape index (κ1) is 26.6. The van der Waals surface area contributed by atoms with Gasteiger partial charge in [-0.3, -0.25) is 0 Å². The van der Waals surface area contributed by atoms with Crippen molar-refractivity contribution in [2.75, 3.05) is 0 Å². The summed E-state index contributed by atoms with van der Waals surface area (Å²) < 4.78 is 0. The molecule has 3 heteroatoms. The summed E-state index contributed by atoms with van der Waals surface area (Å²) >= 11 is 0. The lowest BCUT2D eigenvalue weighted by molar-refractivity contribution is 0.838. The van der Waals surface area contributed by atoms with Crippen LogP contribution in [-0.4, -0.2) is 24.2 Å². The van der Waals surface area contributed by atoms with Gasteiger partial charge < -0.3 is 0 Å². The Kier molecular flexibility index (Phi) is 9.07. The predicted octanol–water partition coefficient (Wildman–Crippen LogP) is 7.71. The Morgan fingerprint density at radius 1 is 0.500 bits per heavy atom. The molecular formula is C27H42Si3. The molecule has 0 aliphatic carbocycles. The molecular weight excluding hydrogens is 409 g/mol. The summed E-state index contributed by atoms with van der Waals surface area (Å²) in [5.74, 6) is 10.5. The molecule has 0 aliphatic rings. The van der Waals surface area contributed by atoms with Crippen molar-refractivity contribution in [1.29, 1.82) is 0 Å². The molecule has 0 unspecified atom stereocenters. The molecule has 162 valence electrons. The molecule has 0 bridgehead atoms. The average Bonchev–Trinajstić information content (AvgIpc) is 2.56. The Balaban J connectivity index is 3.64. The number of hydrogen-bond donors (Lipinski definition) is 0. The largest absolute Gasteiger partial charge is 0.146 e. The monoisotopic (exact) mass is 450 g/mol. The molecule has 0 saturated carbocycles. The van der Waals surface area contributed by atoms with Gasteiger partial charge in [0.05, 0.1) is 0 Å².